The molecule has 1 aliphatic rings. The summed E-state index contributed by atoms with van der Waals surface area (Å²) in [6.07, 6.45) is 3.30. The van der Waals surface area contributed by atoms with Crippen LogP contribution in [-0.2, 0) is 16.0 Å². The van der Waals surface area contributed by atoms with Crippen LogP contribution in [0.5, 0.6) is 5.75 Å². The quantitative estimate of drug-likeness (QED) is 0.433. The number of hydrogen-bond donors (Lipinski definition) is 4. The smallest absolute Gasteiger partial charge is 0.407 e. The zero-order chi connectivity index (χ0) is 23.0. The predicted octanol–water partition coefficient (Wildman–Crippen LogP) is 3.74. The van der Waals surface area contributed by atoms with E-state index >= 15 is 0 Å². The fourth-order valence-electron chi connectivity index (χ4n) is 3.42. The molecule has 0 bridgehead atoms. The van der Waals surface area contributed by atoms with E-state index in [-0.39, 0.29) is 12.6 Å². The summed E-state index contributed by atoms with van der Waals surface area (Å²) in [6, 6.07) is 12.1. The SMILES string of the molecule is COc1cc(NC(=O)Nc2cccc(CNC(=O)OC3CCOC3)c2)ccc1-c1cnc[nH]1. The lowest BCUT2D eigenvalue weighted by Crippen LogP contribution is -2.28. The number of anilines is 2. The van der Waals surface area contributed by atoms with E-state index in [1.54, 1.807) is 50.0 Å². The van der Waals surface area contributed by atoms with Crippen molar-refractivity contribution in [3.8, 4) is 17.0 Å². The van der Waals surface area contributed by atoms with Crippen LogP contribution in [0.4, 0.5) is 21.0 Å². The number of alkyl carbamates (subject to hydrolysis) is 1. The average Bonchev–Trinajstić information content (AvgIpc) is 3.52. The highest BCUT2D eigenvalue weighted by Gasteiger charge is 2.19. The van der Waals surface area contributed by atoms with E-state index in [9.17, 15) is 9.59 Å². The van der Waals surface area contributed by atoms with Crippen molar-refractivity contribution in [3.05, 3.63) is 60.6 Å². The highest BCUT2D eigenvalue weighted by Crippen LogP contribution is 2.31. The van der Waals surface area contributed by atoms with Gasteiger partial charge in [0.25, 0.3) is 0 Å². The van der Waals surface area contributed by atoms with Crippen LogP contribution in [0.2, 0.25) is 0 Å². The molecule has 4 N–H and O–H groups in total. The molecule has 1 atom stereocenters. The Balaban J connectivity index is 1.31. The second-order valence-electron chi connectivity index (χ2n) is 7.40. The van der Waals surface area contributed by atoms with Crippen LogP contribution in [0, 0.1) is 0 Å². The molecule has 33 heavy (non-hydrogen) atoms. The van der Waals surface area contributed by atoms with Gasteiger partial charge in [-0.15, -0.1) is 0 Å². The minimum Gasteiger partial charge on any atom is -0.496 e. The van der Waals surface area contributed by atoms with Gasteiger partial charge in [0, 0.05) is 36.0 Å². The Morgan fingerprint density at radius 1 is 1.18 bits per heavy atom. The third-order valence-electron chi connectivity index (χ3n) is 5.03. The number of hydrogen-bond acceptors (Lipinski definition) is 6. The zero-order valence-electron chi connectivity index (χ0n) is 18.1. The van der Waals surface area contributed by atoms with Gasteiger partial charge in [-0.05, 0) is 29.8 Å². The molecule has 0 radical (unpaired) electrons. The Kier molecular flexibility index (Phi) is 7.06. The third-order valence-corrected chi connectivity index (χ3v) is 5.03. The molecule has 1 saturated heterocycles. The molecule has 1 aliphatic heterocycles. The van der Waals surface area contributed by atoms with E-state index in [4.69, 9.17) is 14.2 Å². The number of rotatable bonds is 7. The Hall–Kier alpha value is -4.05. The minimum absolute atomic E-state index is 0.200. The summed E-state index contributed by atoms with van der Waals surface area (Å²) in [6.45, 7) is 1.31. The van der Waals surface area contributed by atoms with Gasteiger partial charge in [-0.3, -0.25) is 0 Å². The van der Waals surface area contributed by atoms with Gasteiger partial charge in [0.05, 0.1) is 38.5 Å². The van der Waals surface area contributed by atoms with E-state index in [1.807, 2.05) is 12.1 Å². The van der Waals surface area contributed by atoms with Gasteiger partial charge in [0.2, 0.25) is 0 Å². The molecule has 1 unspecified atom stereocenters. The number of nitrogens with one attached hydrogen (secondary N) is 4. The highest BCUT2D eigenvalue weighted by atomic mass is 16.6. The number of imidazole rings is 1. The van der Waals surface area contributed by atoms with E-state index < -0.39 is 12.1 Å². The Labute approximate surface area is 190 Å². The molecule has 10 heteroatoms. The zero-order valence-corrected chi connectivity index (χ0v) is 18.1. The maximum Gasteiger partial charge on any atom is 0.407 e. The maximum atomic E-state index is 12.5. The Bertz CT molecular complexity index is 1100. The van der Waals surface area contributed by atoms with Gasteiger partial charge in [0.1, 0.15) is 11.9 Å². The second kappa shape index (κ2) is 10.5. The predicted molar refractivity (Wildman–Crippen MR) is 122 cm³/mol. The number of H-pyrrole nitrogens is 1. The first-order chi connectivity index (χ1) is 16.1. The number of nitrogens with zero attached hydrogens (tertiary/aromatic N) is 1. The van der Waals surface area contributed by atoms with Crippen LogP contribution >= 0.6 is 0 Å². The van der Waals surface area contributed by atoms with Gasteiger partial charge in [-0.25, -0.2) is 14.6 Å². The van der Waals surface area contributed by atoms with Crippen LogP contribution < -0.4 is 20.7 Å². The van der Waals surface area contributed by atoms with E-state index in [0.29, 0.717) is 36.8 Å². The van der Waals surface area contributed by atoms with Crippen molar-refractivity contribution >= 4 is 23.5 Å². The number of carbonyl (C=O) groups excluding carboxylic acids is 2. The third kappa shape index (κ3) is 6.01. The van der Waals surface area contributed by atoms with Crippen LogP contribution in [0.1, 0.15) is 12.0 Å². The molecular weight excluding hydrogens is 426 g/mol. The highest BCUT2D eigenvalue weighted by molar-refractivity contribution is 6.00. The summed E-state index contributed by atoms with van der Waals surface area (Å²) in [5, 5.41) is 8.29. The lowest BCUT2D eigenvalue weighted by atomic mass is 10.1. The molecule has 4 rings (SSSR count). The van der Waals surface area contributed by atoms with Gasteiger partial charge in [0.15, 0.2) is 0 Å². The number of benzene rings is 2. The fourth-order valence-corrected chi connectivity index (χ4v) is 3.42. The average molecular weight is 451 g/mol. The topological polar surface area (TPSA) is 127 Å². The van der Waals surface area contributed by atoms with Crippen LogP contribution in [-0.4, -0.2) is 48.5 Å². The summed E-state index contributed by atoms with van der Waals surface area (Å²) in [5.41, 5.74) is 3.63. The number of carbonyl (C=O) groups is 2. The Morgan fingerprint density at radius 2 is 2.03 bits per heavy atom. The summed E-state index contributed by atoms with van der Waals surface area (Å²) in [7, 11) is 1.57. The molecule has 2 aromatic carbocycles. The van der Waals surface area contributed by atoms with Gasteiger partial charge in [-0.2, -0.15) is 0 Å². The normalized spacial score (nSPS) is 15.0. The standard InChI is InChI=1S/C23H25N5O5/c1-31-21-10-17(5-6-19(21)20-12-24-14-26-20)28-22(29)27-16-4-2-3-15(9-16)11-25-23(30)33-18-7-8-32-13-18/h2-6,9-10,12,14,18H,7-8,11,13H2,1H3,(H,24,26)(H,25,30)(H2,27,28,29). The molecule has 0 saturated carbocycles. The first-order valence-corrected chi connectivity index (χ1v) is 10.5. The molecule has 0 aliphatic carbocycles. The molecule has 3 amide bonds. The van der Waals surface area contributed by atoms with Crippen molar-refractivity contribution in [1.82, 2.24) is 15.3 Å². The van der Waals surface area contributed by atoms with Crippen molar-refractivity contribution in [2.45, 2.75) is 19.1 Å². The molecule has 2 heterocycles. The van der Waals surface area contributed by atoms with E-state index in [2.05, 4.69) is 25.9 Å². The molecule has 1 fully saturated rings. The van der Waals surface area contributed by atoms with Gasteiger partial charge < -0.3 is 35.1 Å². The van der Waals surface area contributed by atoms with Crippen molar-refractivity contribution in [3.63, 3.8) is 0 Å². The van der Waals surface area contributed by atoms with Crippen molar-refractivity contribution in [1.29, 1.82) is 0 Å². The number of methoxy groups -OCH3 is 1. The first-order valence-electron chi connectivity index (χ1n) is 10.5. The maximum absolute atomic E-state index is 12.5. The number of urea groups is 1. The van der Waals surface area contributed by atoms with Crippen LogP contribution in [0.3, 0.4) is 0 Å². The monoisotopic (exact) mass is 451 g/mol. The largest absolute Gasteiger partial charge is 0.496 e. The minimum atomic E-state index is -0.492. The van der Waals surface area contributed by atoms with Crippen LogP contribution in [0.25, 0.3) is 11.3 Å². The lowest BCUT2D eigenvalue weighted by molar-refractivity contribution is 0.0828. The van der Waals surface area contributed by atoms with Gasteiger partial charge >= 0.3 is 12.1 Å². The number of aromatic nitrogens is 2. The van der Waals surface area contributed by atoms with Crippen LogP contribution in [0.15, 0.2) is 55.0 Å². The molecule has 172 valence electrons. The van der Waals surface area contributed by atoms with E-state index in [1.165, 1.54) is 0 Å². The summed E-state index contributed by atoms with van der Waals surface area (Å²) in [4.78, 5) is 31.4. The summed E-state index contributed by atoms with van der Waals surface area (Å²) < 4.78 is 15.9. The number of ether oxygens (including phenoxy) is 3. The molecular formula is C23H25N5O5. The van der Waals surface area contributed by atoms with Crippen molar-refractivity contribution in [2.24, 2.45) is 0 Å². The molecule has 3 aromatic rings. The lowest BCUT2D eigenvalue weighted by Gasteiger charge is -2.13. The van der Waals surface area contributed by atoms with Crippen molar-refractivity contribution in [2.75, 3.05) is 31.0 Å². The number of aromatic amines is 1. The molecule has 1 aromatic heterocycles. The first kappa shape index (κ1) is 22.2. The van der Waals surface area contributed by atoms with Crippen molar-refractivity contribution < 1.29 is 23.8 Å². The Morgan fingerprint density at radius 3 is 2.76 bits per heavy atom. The molecule has 0 spiro atoms. The summed E-state index contributed by atoms with van der Waals surface area (Å²) >= 11 is 0. The summed E-state index contributed by atoms with van der Waals surface area (Å²) in [5.74, 6) is 0.598. The molecule has 10 nitrogen and oxygen atoms in total. The fraction of sp³-hybridized carbons (Fsp3) is 0.261. The van der Waals surface area contributed by atoms with Gasteiger partial charge in [-0.1, -0.05) is 12.1 Å². The second-order valence-corrected chi connectivity index (χ2v) is 7.40. The van der Waals surface area contributed by atoms with E-state index in [0.717, 1.165) is 16.8 Å². The number of amides is 3.